The van der Waals surface area contributed by atoms with Crippen molar-refractivity contribution < 1.29 is 14.3 Å². The molecule has 0 unspecified atom stereocenters. The van der Waals surface area contributed by atoms with Gasteiger partial charge in [0.1, 0.15) is 5.56 Å². The van der Waals surface area contributed by atoms with Crippen molar-refractivity contribution in [1.82, 2.24) is 9.99 Å². The number of hydrogen-bond donors (Lipinski definition) is 1. The van der Waals surface area contributed by atoms with Gasteiger partial charge in [-0.25, -0.2) is 9.59 Å². The van der Waals surface area contributed by atoms with E-state index < -0.39 is 5.97 Å². The maximum absolute atomic E-state index is 11.7. The van der Waals surface area contributed by atoms with E-state index in [9.17, 15) is 9.59 Å². The first-order valence-corrected chi connectivity index (χ1v) is 5.10. The lowest BCUT2D eigenvalue weighted by molar-refractivity contribution is 0.0527. The van der Waals surface area contributed by atoms with Crippen molar-refractivity contribution in [3.05, 3.63) is 23.5 Å². The Bertz CT molecular complexity index is 521. The Balaban J connectivity index is 2.51. The van der Waals surface area contributed by atoms with E-state index in [0.717, 1.165) is 0 Å². The highest BCUT2D eigenvalue weighted by Gasteiger charge is 2.27. The Morgan fingerprint density at radius 3 is 3.00 bits per heavy atom. The third-order valence-electron chi connectivity index (χ3n) is 2.41. The first-order valence-electron chi connectivity index (χ1n) is 5.10. The van der Waals surface area contributed by atoms with Crippen molar-refractivity contribution in [2.24, 2.45) is 0 Å². The van der Waals surface area contributed by atoms with Crippen molar-refractivity contribution in [3.63, 3.8) is 0 Å². The van der Waals surface area contributed by atoms with E-state index in [1.807, 2.05) is 0 Å². The quantitative estimate of drug-likeness (QED) is 0.599. The number of pyridine rings is 1. The first-order chi connectivity index (χ1) is 8.19. The van der Waals surface area contributed by atoms with E-state index in [1.165, 1.54) is 17.4 Å². The van der Waals surface area contributed by atoms with Crippen LogP contribution < -0.4 is 5.43 Å². The molecule has 0 aliphatic carbocycles. The minimum atomic E-state index is -0.468. The van der Waals surface area contributed by atoms with E-state index in [4.69, 9.17) is 4.74 Å². The van der Waals surface area contributed by atoms with E-state index in [0.29, 0.717) is 22.5 Å². The molecular weight excluding hydrogens is 222 g/mol. The molecule has 0 aromatic carbocycles. The van der Waals surface area contributed by atoms with Gasteiger partial charge in [-0.05, 0) is 6.92 Å². The average molecular weight is 233 g/mol. The molecule has 0 saturated carbocycles. The molecule has 0 spiro atoms. The van der Waals surface area contributed by atoms with Gasteiger partial charge in [-0.2, -0.15) is 0 Å². The summed E-state index contributed by atoms with van der Waals surface area (Å²) in [5.74, 6) is 1.34. The standard InChI is InChI=1S/C11H11N3O3/c1-3-17-11(16)8-5-12-4-7-9(6-15)14(2)13-10(7)8/h4-5,13H,3H2,1-2H3. The summed E-state index contributed by atoms with van der Waals surface area (Å²) in [6.45, 7) is 2.01. The van der Waals surface area contributed by atoms with Crippen LogP contribution in [-0.4, -0.2) is 35.6 Å². The minimum Gasteiger partial charge on any atom is -0.462 e. The number of ether oxygens (including phenoxy) is 1. The Morgan fingerprint density at radius 1 is 1.59 bits per heavy atom. The van der Waals surface area contributed by atoms with Crippen LogP contribution in [0.4, 0.5) is 5.69 Å². The van der Waals surface area contributed by atoms with Crippen LogP contribution in [0, 0.1) is 0 Å². The number of carbonyl (C=O) groups excluding carboxylic acids is 2. The van der Waals surface area contributed by atoms with Gasteiger partial charge in [-0.3, -0.25) is 15.4 Å². The first kappa shape index (κ1) is 11.2. The maximum Gasteiger partial charge on any atom is 0.341 e. The Hall–Kier alpha value is -2.33. The normalized spacial score (nSPS) is 12.8. The smallest absolute Gasteiger partial charge is 0.341 e. The molecule has 6 nitrogen and oxygen atoms in total. The number of nitrogens with zero attached hydrogens (tertiary/aromatic N) is 2. The molecule has 0 saturated heterocycles. The van der Waals surface area contributed by atoms with Gasteiger partial charge in [0.15, 0.2) is 11.6 Å². The monoisotopic (exact) mass is 233 g/mol. The molecule has 0 amide bonds. The van der Waals surface area contributed by atoms with E-state index in [1.54, 1.807) is 19.9 Å². The largest absolute Gasteiger partial charge is 0.462 e. The van der Waals surface area contributed by atoms with Crippen LogP contribution in [0.2, 0.25) is 0 Å². The summed E-state index contributed by atoms with van der Waals surface area (Å²) in [6.07, 6.45) is 2.92. The lowest BCUT2D eigenvalue weighted by Crippen LogP contribution is -2.17. The number of nitrogens with one attached hydrogen (secondary N) is 1. The fraction of sp³-hybridized carbons (Fsp3) is 0.273. The second-order valence-electron chi connectivity index (χ2n) is 3.45. The Kier molecular flexibility index (Phi) is 2.80. The highest BCUT2D eigenvalue weighted by atomic mass is 16.5. The number of esters is 1. The zero-order valence-electron chi connectivity index (χ0n) is 9.48. The van der Waals surface area contributed by atoms with E-state index in [2.05, 4.69) is 10.4 Å². The molecule has 17 heavy (non-hydrogen) atoms. The number of carbonyl (C=O) groups is 1. The van der Waals surface area contributed by atoms with Crippen molar-refractivity contribution in [2.75, 3.05) is 19.1 Å². The summed E-state index contributed by atoms with van der Waals surface area (Å²) in [5, 5.41) is 1.49. The van der Waals surface area contributed by atoms with Crippen molar-refractivity contribution in [2.45, 2.75) is 6.92 Å². The lowest BCUT2D eigenvalue weighted by Gasteiger charge is -2.11. The van der Waals surface area contributed by atoms with Gasteiger partial charge in [0.2, 0.25) is 0 Å². The topological polar surface area (TPSA) is 71.5 Å². The number of fused-ring (bicyclic) bond motifs is 1. The fourth-order valence-electron chi connectivity index (χ4n) is 1.65. The molecule has 0 radical (unpaired) electrons. The second kappa shape index (κ2) is 4.27. The third-order valence-corrected chi connectivity index (χ3v) is 2.41. The molecule has 1 aromatic heterocycles. The molecule has 2 rings (SSSR count). The fourth-order valence-corrected chi connectivity index (χ4v) is 1.65. The van der Waals surface area contributed by atoms with Crippen LogP contribution >= 0.6 is 0 Å². The van der Waals surface area contributed by atoms with Gasteiger partial charge in [-0.15, -0.1) is 0 Å². The zero-order valence-corrected chi connectivity index (χ0v) is 9.48. The Labute approximate surface area is 97.9 Å². The van der Waals surface area contributed by atoms with Crippen LogP contribution in [0.15, 0.2) is 12.4 Å². The van der Waals surface area contributed by atoms with Gasteiger partial charge < -0.3 is 4.74 Å². The summed E-state index contributed by atoms with van der Waals surface area (Å²) >= 11 is 0. The van der Waals surface area contributed by atoms with Crippen molar-refractivity contribution in [1.29, 1.82) is 0 Å². The summed E-state index contributed by atoms with van der Waals surface area (Å²) < 4.78 is 4.91. The minimum absolute atomic E-state index is 0.286. The zero-order chi connectivity index (χ0) is 12.4. The predicted molar refractivity (Wildman–Crippen MR) is 60.7 cm³/mol. The number of rotatable bonds is 2. The molecule has 2 heterocycles. The van der Waals surface area contributed by atoms with Gasteiger partial charge in [0.25, 0.3) is 0 Å². The van der Waals surface area contributed by atoms with Crippen LogP contribution in [0.25, 0.3) is 5.70 Å². The molecule has 1 aliphatic heterocycles. The highest BCUT2D eigenvalue weighted by Crippen LogP contribution is 2.33. The van der Waals surface area contributed by atoms with Gasteiger partial charge in [0.05, 0.1) is 17.9 Å². The van der Waals surface area contributed by atoms with Crippen LogP contribution in [0.1, 0.15) is 22.8 Å². The molecule has 1 N–H and O–H groups in total. The van der Waals surface area contributed by atoms with Crippen LogP contribution in [-0.2, 0) is 9.53 Å². The summed E-state index contributed by atoms with van der Waals surface area (Å²) in [5.41, 5.74) is 4.60. The summed E-state index contributed by atoms with van der Waals surface area (Å²) in [4.78, 5) is 26.4. The number of hydrogen-bond acceptors (Lipinski definition) is 6. The molecule has 1 aromatic rings. The third kappa shape index (κ3) is 1.74. The molecule has 6 heteroatoms. The molecule has 1 aliphatic rings. The van der Waals surface area contributed by atoms with Crippen LogP contribution in [0.3, 0.4) is 0 Å². The number of anilines is 1. The van der Waals surface area contributed by atoms with Crippen molar-refractivity contribution in [3.8, 4) is 0 Å². The Morgan fingerprint density at radius 2 is 2.35 bits per heavy atom. The van der Waals surface area contributed by atoms with E-state index >= 15 is 0 Å². The summed E-state index contributed by atoms with van der Waals surface area (Å²) in [7, 11) is 1.66. The van der Waals surface area contributed by atoms with Gasteiger partial charge >= 0.3 is 5.97 Å². The van der Waals surface area contributed by atoms with E-state index in [-0.39, 0.29) is 6.61 Å². The molecule has 0 fully saturated rings. The molecule has 88 valence electrons. The maximum atomic E-state index is 11.7. The highest BCUT2D eigenvalue weighted by molar-refractivity contribution is 6.03. The molecule has 0 atom stereocenters. The van der Waals surface area contributed by atoms with Crippen molar-refractivity contribution >= 4 is 23.3 Å². The average Bonchev–Trinajstić information content (AvgIpc) is 2.64. The number of hydrazine groups is 1. The second-order valence-corrected chi connectivity index (χ2v) is 3.45. The lowest BCUT2D eigenvalue weighted by atomic mass is 10.1. The molecule has 0 bridgehead atoms. The summed E-state index contributed by atoms with van der Waals surface area (Å²) in [6, 6.07) is 0. The SMILES string of the molecule is CCOC(=O)c1cncc2c1NN(C)C2=C=O. The predicted octanol–water partition coefficient (Wildman–Crippen LogP) is 0.703. The number of aromatic nitrogens is 1. The van der Waals surface area contributed by atoms with Gasteiger partial charge in [-0.1, -0.05) is 0 Å². The molecular formula is C11H11N3O3. The van der Waals surface area contributed by atoms with Crippen LogP contribution in [0.5, 0.6) is 0 Å². The van der Waals surface area contributed by atoms with Gasteiger partial charge in [0, 0.05) is 19.4 Å².